The van der Waals surface area contributed by atoms with Gasteiger partial charge < -0.3 is 0 Å². The maximum absolute atomic E-state index is 4.71. The highest BCUT2D eigenvalue weighted by Crippen LogP contribution is 2.26. The third kappa shape index (κ3) is 4.00. The van der Waals surface area contributed by atoms with Gasteiger partial charge in [0.25, 0.3) is 0 Å². The summed E-state index contributed by atoms with van der Waals surface area (Å²) in [6, 6.07) is 12.1. The van der Waals surface area contributed by atoms with E-state index in [1.807, 2.05) is 31.2 Å². The van der Waals surface area contributed by atoms with Crippen molar-refractivity contribution in [2.45, 2.75) is 13.8 Å². The average Bonchev–Trinajstić information content (AvgIpc) is 2.49. The predicted molar refractivity (Wildman–Crippen MR) is 102 cm³/mol. The zero-order valence-electron chi connectivity index (χ0n) is 12.6. The van der Waals surface area contributed by atoms with Crippen LogP contribution in [0.4, 0.5) is 5.69 Å². The number of isothiocyanates is 1. The molecule has 0 spiro atoms. The summed E-state index contributed by atoms with van der Waals surface area (Å²) in [5.74, 6) is 6.37. The molecule has 0 heterocycles. The number of rotatable bonds is 2. The first-order valence-electron chi connectivity index (χ1n) is 6.77. The van der Waals surface area contributed by atoms with Gasteiger partial charge in [-0.3, -0.25) is 0 Å². The molecule has 0 amide bonds. The first-order valence-corrected chi connectivity index (χ1v) is 7.76. The minimum atomic E-state index is 0.786. The third-order valence-corrected chi connectivity index (χ3v) is 3.69. The smallest absolute Gasteiger partial charge is 0.0886 e. The fourth-order valence-electron chi connectivity index (χ4n) is 2.01. The summed E-state index contributed by atoms with van der Waals surface area (Å²) in [7, 11) is 2.67. The maximum atomic E-state index is 4.71. The number of allylic oxidation sites excluding steroid dienone is 1. The second-order valence-corrected chi connectivity index (χ2v) is 5.87. The Labute approximate surface area is 139 Å². The van der Waals surface area contributed by atoms with Crippen LogP contribution in [0.5, 0.6) is 0 Å². The normalized spacial score (nSPS) is 9.41. The molecule has 0 aliphatic carbocycles. The summed E-state index contributed by atoms with van der Waals surface area (Å²) in [4.78, 5) is 4.13. The van der Waals surface area contributed by atoms with Crippen LogP contribution in [-0.4, -0.2) is 5.16 Å². The van der Waals surface area contributed by atoms with Crippen LogP contribution in [0.3, 0.4) is 0 Å². The van der Waals surface area contributed by atoms with Crippen molar-refractivity contribution in [1.82, 2.24) is 0 Å². The van der Waals surface area contributed by atoms with Gasteiger partial charge in [-0.1, -0.05) is 36.1 Å². The van der Waals surface area contributed by atoms with Gasteiger partial charge in [-0.05, 0) is 61.2 Å². The van der Waals surface area contributed by atoms with Gasteiger partial charge in [0.2, 0.25) is 0 Å². The van der Waals surface area contributed by atoms with Crippen molar-refractivity contribution in [1.29, 1.82) is 0 Å². The fraction of sp³-hybridized carbons (Fsp3) is 0.105. The summed E-state index contributed by atoms with van der Waals surface area (Å²) in [5.41, 5.74) is 5.79. The molecule has 108 valence electrons. The number of nitrogens with zero attached hydrogens (tertiary/aromatic N) is 1. The van der Waals surface area contributed by atoms with Gasteiger partial charge in [-0.25, -0.2) is 0 Å². The zero-order chi connectivity index (χ0) is 16.1. The first kappa shape index (κ1) is 16.3. The Bertz CT molecular complexity index is 832. The van der Waals surface area contributed by atoms with Crippen LogP contribution in [0.25, 0.3) is 5.57 Å². The SMILES string of the molecule is C=C(C)c1cc(C#Cc2ccc(C)cc2)cc(P)c1N=C=S. The molecule has 22 heavy (non-hydrogen) atoms. The Kier molecular flexibility index (Phi) is 5.42. The van der Waals surface area contributed by atoms with Gasteiger partial charge in [-0.15, -0.1) is 9.24 Å². The van der Waals surface area contributed by atoms with E-state index >= 15 is 0 Å². The molecule has 0 aromatic heterocycles. The number of hydrogen-bond donors (Lipinski definition) is 0. The van der Waals surface area contributed by atoms with Crippen molar-refractivity contribution < 1.29 is 0 Å². The molecule has 2 aromatic rings. The van der Waals surface area contributed by atoms with Crippen LogP contribution in [-0.2, 0) is 0 Å². The van der Waals surface area contributed by atoms with Gasteiger partial charge in [0.15, 0.2) is 0 Å². The van der Waals surface area contributed by atoms with E-state index in [2.05, 4.69) is 56.9 Å². The lowest BCUT2D eigenvalue weighted by Crippen LogP contribution is -1.98. The molecule has 2 rings (SSSR count). The molecule has 0 saturated heterocycles. The molecule has 0 radical (unpaired) electrons. The molecule has 0 bridgehead atoms. The average molecular weight is 321 g/mol. The van der Waals surface area contributed by atoms with Crippen molar-refractivity contribution in [3.63, 3.8) is 0 Å². The Balaban J connectivity index is 2.47. The van der Waals surface area contributed by atoms with Gasteiger partial charge in [-0.2, -0.15) is 4.99 Å². The monoisotopic (exact) mass is 321 g/mol. The minimum Gasteiger partial charge on any atom is -0.193 e. The molecule has 0 aliphatic rings. The van der Waals surface area contributed by atoms with E-state index < -0.39 is 0 Å². The lowest BCUT2D eigenvalue weighted by Gasteiger charge is -2.08. The molecule has 0 aliphatic heterocycles. The number of thiocarbonyl (C=S) groups is 1. The van der Waals surface area contributed by atoms with Crippen molar-refractivity contribution in [2.75, 3.05) is 0 Å². The van der Waals surface area contributed by atoms with Crippen LogP contribution in [0.15, 0.2) is 48.0 Å². The molecule has 1 atom stereocenters. The van der Waals surface area contributed by atoms with E-state index in [1.54, 1.807) is 0 Å². The molecule has 1 unspecified atom stereocenters. The molecular formula is C19H16NPS. The molecule has 2 aromatic carbocycles. The van der Waals surface area contributed by atoms with E-state index in [-0.39, 0.29) is 0 Å². The Hall–Kier alpha value is -2.03. The standard InChI is InChI=1S/C19H16NPS/c1-13(2)17-10-16(11-18(21)19(17)20-12-22)9-8-15-6-4-14(3)5-7-15/h4-7,10-11H,1,21H2,2-3H3. The van der Waals surface area contributed by atoms with Gasteiger partial charge in [0, 0.05) is 16.7 Å². The van der Waals surface area contributed by atoms with Crippen molar-refractivity contribution in [3.05, 3.63) is 65.2 Å². The third-order valence-electron chi connectivity index (χ3n) is 3.16. The van der Waals surface area contributed by atoms with Crippen molar-refractivity contribution in [2.24, 2.45) is 4.99 Å². The number of benzene rings is 2. The first-order chi connectivity index (χ1) is 10.5. The molecule has 0 saturated carbocycles. The predicted octanol–water partition coefficient (Wildman–Crippen LogP) is 4.66. The second kappa shape index (κ2) is 7.30. The Morgan fingerprint density at radius 3 is 2.36 bits per heavy atom. The van der Waals surface area contributed by atoms with Gasteiger partial charge in [0.1, 0.15) is 0 Å². The van der Waals surface area contributed by atoms with Gasteiger partial charge >= 0.3 is 0 Å². The van der Waals surface area contributed by atoms with Crippen LogP contribution in [0, 0.1) is 18.8 Å². The van der Waals surface area contributed by atoms with Crippen LogP contribution in [0.2, 0.25) is 0 Å². The quantitative estimate of drug-likeness (QED) is 0.339. The zero-order valence-corrected chi connectivity index (χ0v) is 14.6. The molecule has 0 N–H and O–H groups in total. The van der Waals surface area contributed by atoms with Crippen LogP contribution >= 0.6 is 21.5 Å². The summed E-state index contributed by atoms with van der Waals surface area (Å²) in [5, 5.41) is 3.36. The summed E-state index contributed by atoms with van der Waals surface area (Å²) in [6.07, 6.45) is 0. The highest BCUT2D eigenvalue weighted by molar-refractivity contribution is 7.78. The van der Waals surface area contributed by atoms with Crippen molar-refractivity contribution >= 4 is 43.2 Å². The summed E-state index contributed by atoms with van der Waals surface area (Å²) in [6.45, 7) is 8.00. The molecule has 3 heteroatoms. The lowest BCUT2D eigenvalue weighted by molar-refractivity contribution is 1.46. The summed E-state index contributed by atoms with van der Waals surface area (Å²) < 4.78 is 0. The van der Waals surface area contributed by atoms with E-state index in [9.17, 15) is 0 Å². The molecule has 1 nitrogen and oxygen atoms in total. The highest BCUT2D eigenvalue weighted by atomic mass is 32.1. The highest BCUT2D eigenvalue weighted by Gasteiger charge is 2.07. The van der Waals surface area contributed by atoms with Crippen LogP contribution in [0.1, 0.15) is 29.2 Å². The largest absolute Gasteiger partial charge is 0.193 e. The van der Waals surface area contributed by atoms with E-state index in [4.69, 9.17) is 12.2 Å². The maximum Gasteiger partial charge on any atom is 0.0886 e. The Morgan fingerprint density at radius 1 is 1.14 bits per heavy atom. The number of hydrogen-bond acceptors (Lipinski definition) is 2. The topological polar surface area (TPSA) is 12.4 Å². The lowest BCUT2D eigenvalue weighted by atomic mass is 10.0. The van der Waals surface area contributed by atoms with Crippen LogP contribution < -0.4 is 5.30 Å². The van der Waals surface area contributed by atoms with E-state index in [0.29, 0.717) is 0 Å². The summed E-state index contributed by atoms with van der Waals surface area (Å²) >= 11 is 4.71. The second-order valence-electron chi connectivity index (χ2n) is 5.06. The number of aliphatic imine (C=N–C) groups is 1. The van der Waals surface area contributed by atoms with E-state index in [1.165, 1.54) is 5.56 Å². The number of aryl methyl sites for hydroxylation is 1. The molecule has 0 fully saturated rings. The fourth-order valence-corrected chi connectivity index (χ4v) is 2.50. The minimum absolute atomic E-state index is 0.786. The van der Waals surface area contributed by atoms with Gasteiger partial charge in [0.05, 0.1) is 10.8 Å². The molecular weight excluding hydrogens is 305 g/mol. The van der Waals surface area contributed by atoms with E-state index in [0.717, 1.165) is 33.3 Å². The van der Waals surface area contributed by atoms with Crippen molar-refractivity contribution in [3.8, 4) is 11.8 Å². The Morgan fingerprint density at radius 2 is 1.77 bits per heavy atom.